The van der Waals surface area contributed by atoms with E-state index < -0.39 is 11.6 Å². The van der Waals surface area contributed by atoms with Crippen LogP contribution in [0.2, 0.25) is 0 Å². The Hall–Kier alpha value is -1.54. The third-order valence-corrected chi connectivity index (χ3v) is 3.16. The van der Waals surface area contributed by atoms with Crippen LogP contribution in [0.15, 0.2) is 23.4 Å². The molecule has 2 aromatic rings. The van der Waals surface area contributed by atoms with Gasteiger partial charge in [-0.3, -0.25) is 0 Å². The van der Waals surface area contributed by atoms with Gasteiger partial charge in [0.05, 0.1) is 6.54 Å². The fourth-order valence-corrected chi connectivity index (χ4v) is 2.24. The normalized spacial score (nSPS) is 10.8. The van der Waals surface area contributed by atoms with Crippen molar-refractivity contribution in [2.45, 2.75) is 17.5 Å². The molecule has 0 fully saturated rings. The molecule has 96 valence electrons. The van der Waals surface area contributed by atoms with Crippen molar-refractivity contribution in [3.8, 4) is 0 Å². The van der Waals surface area contributed by atoms with Gasteiger partial charge >= 0.3 is 0 Å². The molecule has 0 radical (unpaired) electrons. The lowest BCUT2D eigenvalue weighted by atomic mass is 10.2. The quantitative estimate of drug-likeness (QED) is 0.828. The number of hydrogen-bond acceptors (Lipinski definition) is 5. The van der Waals surface area contributed by atoms with Gasteiger partial charge in [0.1, 0.15) is 11.6 Å². The number of aromatic nitrogens is 4. The smallest absolute Gasteiger partial charge is 0.209 e. The first kappa shape index (κ1) is 12.9. The Balaban J connectivity index is 2.04. The van der Waals surface area contributed by atoms with E-state index in [9.17, 15) is 8.78 Å². The van der Waals surface area contributed by atoms with Gasteiger partial charge in [-0.05, 0) is 28.1 Å². The summed E-state index contributed by atoms with van der Waals surface area (Å²) in [5.74, 6) is -0.793. The Morgan fingerprint density at radius 2 is 1.94 bits per heavy atom. The summed E-state index contributed by atoms with van der Waals surface area (Å²) in [4.78, 5) is 0. The summed E-state index contributed by atoms with van der Waals surface area (Å²) in [5.41, 5.74) is 5.95. The van der Waals surface area contributed by atoms with Gasteiger partial charge in [0, 0.05) is 18.4 Å². The van der Waals surface area contributed by atoms with Crippen LogP contribution in [-0.2, 0) is 12.3 Å². The zero-order chi connectivity index (χ0) is 13.0. The minimum Gasteiger partial charge on any atom is -0.329 e. The second-order valence-corrected chi connectivity index (χ2v) is 4.48. The highest BCUT2D eigenvalue weighted by atomic mass is 32.2. The number of halogens is 2. The van der Waals surface area contributed by atoms with Crippen LogP contribution in [0.5, 0.6) is 0 Å². The SMILES string of the molecule is NCCn1nnnc1SCc1cc(F)cc(F)c1. The van der Waals surface area contributed by atoms with Crippen molar-refractivity contribution in [3.05, 3.63) is 35.4 Å². The van der Waals surface area contributed by atoms with Crippen molar-refractivity contribution >= 4 is 11.8 Å². The summed E-state index contributed by atoms with van der Waals surface area (Å²) in [6, 6.07) is 3.41. The summed E-state index contributed by atoms with van der Waals surface area (Å²) >= 11 is 1.30. The Morgan fingerprint density at radius 1 is 1.22 bits per heavy atom. The van der Waals surface area contributed by atoms with Crippen LogP contribution in [0.25, 0.3) is 0 Å². The molecule has 18 heavy (non-hydrogen) atoms. The van der Waals surface area contributed by atoms with Gasteiger partial charge in [0.2, 0.25) is 5.16 Å². The Kier molecular flexibility index (Phi) is 4.21. The van der Waals surface area contributed by atoms with E-state index in [-0.39, 0.29) is 0 Å². The van der Waals surface area contributed by atoms with Crippen LogP contribution >= 0.6 is 11.8 Å². The highest BCUT2D eigenvalue weighted by Crippen LogP contribution is 2.20. The van der Waals surface area contributed by atoms with Crippen LogP contribution in [0.3, 0.4) is 0 Å². The molecule has 0 aliphatic heterocycles. The summed E-state index contributed by atoms with van der Waals surface area (Å²) in [7, 11) is 0. The van der Waals surface area contributed by atoms with E-state index in [1.165, 1.54) is 23.9 Å². The molecule has 0 unspecified atom stereocenters. The molecule has 0 aliphatic carbocycles. The van der Waals surface area contributed by atoms with E-state index in [2.05, 4.69) is 15.5 Å². The second-order valence-electron chi connectivity index (χ2n) is 3.54. The molecule has 0 atom stereocenters. The molecule has 0 saturated heterocycles. The molecular formula is C10H11F2N5S. The first-order valence-electron chi connectivity index (χ1n) is 5.23. The van der Waals surface area contributed by atoms with Crippen molar-refractivity contribution in [2.24, 2.45) is 5.73 Å². The Labute approximate surface area is 106 Å². The maximum Gasteiger partial charge on any atom is 0.209 e. The average Bonchev–Trinajstić information content (AvgIpc) is 2.73. The summed E-state index contributed by atoms with van der Waals surface area (Å²) in [6.45, 7) is 0.931. The van der Waals surface area contributed by atoms with Crippen LogP contribution in [0.4, 0.5) is 8.78 Å². The average molecular weight is 271 g/mol. The standard InChI is InChI=1S/C10H11F2N5S/c11-8-3-7(4-9(12)5-8)6-18-10-14-15-16-17(10)2-1-13/h3-5H,1-2,6,13H2. The number of tetrazole rings is 1. The molecule has 0 amide bonds. The first-order chi connectivity index (χ1) is 8.69. The summed E-state index contributed by atoms with van der Waals surface area (Å²) < 4.78 is 27.5. The molecule has 5 nitrogen and oxygen atoms in total. The predicted molar refractivity (Wildman–Crippen MR) is 62.8 cm³/mol. The van der Waals surface area contributed by atoms with E-state index in [1.54, 1.807) is 4.68 Å². The molecule has 0 saturated carbocycles. The van der Waals surface area contributed by atoms with Crippen molar-refractivity contribution in [2.75, 3.05) is 6.54 Å². The van der Waals surface area contributed by atoms with Crippen molar-refractivity contribution in [3.63, 3.8) is 0 Å². The molecule has 0 spiro atoms. The van der Waals surface area contributed by atoms with Gasteiger partial charge in [0.15, 0.2) is 0 Å². The highest BCUT2D eigenvalue weighted by Gasteiger charge is 2.07. The van der Waals surface area contributed by atoms with Gasteiger partial charge in [0.25, 0.3) is 0 Å². The lowest BCUT2D eigenvalue weighted by Gasteiger charge is -2.03. The fraction of sp³-hybridized carbons (Fsp3) is 0.300. The van der Waals surface area contributed by atoms with E-state index in [0.29, 0.717) is 29.6 Å². The highest BCUT2D eigenvalue weighted by molar-refractivity contribution is 7.98. The van der Waals surface area contributed by atoms with Crippen molar-refractivity contribution in [1.82, 2.24) is 20.2 Å². The molecule has 1 heterocycles. The lowest BCUT2D eigenvalue weighted by molar-refractivity contribution is 0.557. The Bertz CT molecular complexity index is 510. The van der Waals surface area contributed by atoms with Crippen LogP contribution in [-0.4, -0.2) is 26.8 Å². The lowest BCUT2D eigenvalue weighted by Crippen LogP contribution is -2.12. The van der Waals surface area contributed by atoms with Gasteiger partial charge in [-0.25, -0.2) is 13.5 Å². The number of nitrogens with two attached hydrogens (primary N) is 1. The molecular weight excluding hydrogens is 260 g/mol. The molecule has 2 rings (SSSR count). The minimum absolute atomic E-state index is 0.389. The number of nitrogens with zero attached hydrogens (tertiary/aromatic N) is 4. The second kappa shape index (κ2) is 5.87. The van der Waals surface area contributed by atoms with Crippen LogP contribution in [0, 0.1) is 11.6 Å². The molecule has 2 N–H and O–H groups in total. The topological polar surface area (TPSA) is 69.6 Å². The summed E-state index contributed by atoms with van der Waals surface area (Å²) in [6.07, 6.45) is 0. The molecule has 0 aliphatic rings. The summed E-state index contributed by atoms with van der Waals surface area (Å²) in [5, 5.41) is 11.7. The van der Waals surface area contributed by atoms with Crippen molar-refractivity contribution < 1.29 is 8.78 Å². The fourth-order valence-electron chi connectivity index (χ4n) is 1.40. The number of hydrogen-bond donors (Lipinski definition) is 1. The van der Waals surface area contributed by atoms with E-state index in [1.807, 2.05) is 0 Å². The molecule has 1 aromatic carbocycles. The minimum atomic E-state index is -0.591. The maximum absolute atomic E-state index is 13.0. The Morgan fingerprint density at radius 3 is 2.61 bits per heavy atom. The molecule has 1 aromatic heterocycles. The van der Waals surface area contributed by atoms with Crippen LogP contribution < -0.4 is 5.73 Å². The number of thioether (sulfide) groups is 1. The van der Waals surface area contributed by atoms with Crippen molar-refractivity contribution in [1.29, 1.82) is 0 Å². The largest absolute Gasteiger partial charge is 0.329 e. The van der Waals surface area contributed by atoms with Gasteiger partial charge in [-0.15, -0.1) is 5.10 Å². The van der Waals surface area contributed by atoms with Gasteiger partial charge in [-0.1, -0.05) is 11.8 Å². The maximum atomic E-state index is 13.0. The third kappa shape index (κ3) is 3.23. The predicted octanol–water partition coefficient (Wildman–Crippen LogP) is 1.20. The van der Waals surface area contributed by atoms with Gasteiger partial charge in [-0.2, -0.15) is 0 Å². The third-order valence-electron chi connectivity index (χ3n) is 2.13. The number of rotatable bonds is 5. The molecule has 8 heteroatoms. The number of benzene rings is 1. The van der Waals surface area contributed by atoms with E-state index in [0.717, 1.165) is 6.07 Å². The van der Waals surface area contributed by atoms with Gasteiger partial charge < -0.3 is 5.73 Å². The van der Waals surface area contributed by atoms with E-state index >= 15 is 0 Å². The van der Waals surface area contributed by atoms with E-state index in [4.69, 9.17) is 5.73 Å². The van der Waals surface area contributed by atoms with Crippen LogP contribution in [0.1, 0.15) is 5.56 Å². The monoisotopic (exact) mass is 271 g/mol. The zero-order valence-corrected chi connectivity index (χ0v) is 10.2. The molecule has 0 bridgehead atoms. The zero-order valence-electron chi connectivity index (χ0n) is 9.38. The first-order valence-corrected chi connectivity index (χ1v) is 6.21.